The van der Waals surface area contributed by atoms with Gasteiger partial charge in [0.05, 0.1) is 6.10 Å². The van der Waals surface area contributed by atoms with Gasteiger partial charge in [0.15, 0.2) is 0 Å². The zero-order valence-electron chi connectivity index (χ0n) is 16.8. The van der Waals surface area contributed by atoms with Crippen LogP contribution >= 0.6 is 0 Å². The Balaban J connectivity index is 1.66. The Labute approximate surface area is 166 Å². The number of nitrogens with zero attached hydrogens (tertiary/aromatic N) is 1. The molecule has 1 heterocycles. The molecule has 0 bridgehead atoms. The smallest absolute Gasteiger partial charge is 0.243 e. The summed E-state index contributed by atoms with van der Waals surface area (Å²) in [6.07, 6.45) is 2.26. The average molecular weight is 380 g/mol. The minimum absolute atomic E-state index is 0.00258. The Morgan fingerprint density at radius 3 is 2.50 bits per heavy atom. The molecular formula is C23H28N2O3. The van der Waals surface area contributed by atoms with Crippen LogP contribution in [0.25, 0.3) is 0 Å². The van der Waals surface area contributed by atoms with Gasteiger partial charge in [0, 0.05) is 18.7 Å². The van der Waals surface area contributed by atoms with Crippen molar-refractivity contribution in [1.29, 1.82) is 0 Å². The number of aryl methyl sites for hydroxylation is 1. The predicted octanol–water partition coefficient (Wildman–Crippen LogP) is 3.85. The maximum absolute atomic E-state index is 12.8. The molecule has 2 aromatic rings. The van der Waals surface area contributed by atoms with E-state index in [-0.39, 0.29) is 17.9 Å². The molecule has 3 rings (SSSR count). The predicted molar refractivity (Wildman–Crippen MR) is 110 cm³/mol. The molecule has 2 amide bonds. The lowest BCUT2D eigenvalue weighted by Gasteiger charge is -2.28. The number of amides is 2. The molecule has 5 nitrogen and oxygen atoms in total. The molecule has 0 fully saturated rings. The van der Waals surface area contributed by atoms with Crippen molar-refractivity contribution < 1.29 is 14.3 Å². The normalized spacial score (nSPS) is 15.0. The van der Waals surface area contributed by atoms with Crippen molar-refractivity contribution in [2.24, 2.45) is 0 Å². The van der Waals surface area contributed by atoms with Crippen LogP contribution in [0.15, 0.2) is 48.5 Å². The maximum Gasteiger partial charge on any atom is 0.243 e. The third-order valence-electron chi connectivity index (χ3n) is 4.89. The summed E-state index contributed by atoms with van der Waals surface area (Å²) in [5.74, 6) is 0.653. The first-order chi connectivity index (χ1) is 13.5. The van der Waals surface area contributed by atoms with Crippen LogP contribution in [0.1, 0.15) is 44.7 Å². The summed E-state index contributed by atoms with van der Waals surface area (Å²) in [6, 6.07) is 15.0. The summed E-state index contributed by atoms with van der Waals surface area (Å²) in [6.45, 7) is 6.17. The molecule has 1 aliphatic rings. The molecular weight excluding hydrogens is 352 g/mol. The van der Waals surface area contributed by atoms with Gasteiger partial charge in [0.25, 0.3) is 0 Å². The second-order valence-corrected chi connectivity index (χ2v) is 7.45. The first-order valence-electron chi connectivity index (χ1n) is 9.89. The van der Waals surface area contributed by atoms with Gasteiger partial charge in [0.2, 0.25) is 11.8 Å². The zero-order chi connectivity index (χ0) is 20.1. The van der Waals surface area contributed by atoms with E-state index >= 15 is 0 Å². The lowest BCUT2D eigenvalue weighted by molar-refractivity contribution is -0.126. The lowest BCUT2D eigenvalue weighted by atomic mass is 10.1. The van der Waals surface area contributed by atoms with Crippen LogP contribution in [0.2, 0.25) is 0 Å². The van der Waals surface area contributed by atoms with E-state index in [1.165, 1.54) is 0 Å². The molecule has 2 aromatic carbocycles. The van der Waals surface area contributed by atoms with E-state index in [9.17, 15) is 9.59 Å². The van der Waals surface area contributed by atoms with E-state index in [2.05, 4.69) is 5.32 Å². The highest BCUT2D eigenvalue weighted by atomic mass is 16.5. The van der Waals surface area contributed by atoms with Gasteiger partial charge in [-0.25, -0.2) is 0 Å². The van der Waals surface area contributed by atoms with Gasteiger partial charge in [-0.1, -0.05) is 30.3 Å². The maximum atomic E-state index is 12.8. The lowest BCUT2D eigenvalue weighted by Crippen LogP contribution is -2.48. The fourth-order valence-electron chi connectivity index (χ4n) is 3.48. The van der Waals surface area contributed by atoms with Crippen molar-refractivity contribution in [2.45, 2.75) is 58.7 Å². The molecule has 0 radical (unpaired) electrons. The van der Waals surface area contributed by atoms with Gasteiger partial charge in [-0.3, -0.25) is 14.5 Å². The van der Waals surface area contributed by atoms with Crippen LogP contribution in [0.4, 0.5) is 5.69 Å². The summed E-state index contributed by atoms with van der Waals surface area (Å²) in [7, 11) is 0. The summed E-state index contributed by atoms with van der Waals surface area (Å²) < 4.78 is 5.64. The summed E-state index contributed by atoms with van der Waals surface area (Å²) in [4.78, 5) is 27.1. The van der Waals surface area contributed by atoms with Crippen LogP contribution in [0.5, 0.6) is 5.75 Å². The van der Waals surface area contributed by atoms with Crippen molar-refractivity contribution in [2.75, 3.05) is 4.90 Å². The van der Waals surface area contributed by atoms with Crippen molar-refractivity contribution >= 4 is 17.5 Å². The second kappa shape index (κ2) is 8.91. The second-order valence-electron chi connectivity index (χ2n) is 7.45. The third kappa shape index (κ3) is 4.71. The molecule has 0 unspecified atom stereocenters. The quantitative estimate of drug-likeness (QED) is 0.828. The molecule has 5 heteroatoms. The first-order valence-corrected chi connectivity index (χ1v) is 9.89. The van der Waals surface area contributed by atoms with Crippen molar-refractivity contribution in [3.8, 4) is 5.75 Å². The number of anilines is 1. The van der Waals surface area contributed by atoms with Gasteiger partial charge < -0.3 is 10.1 Å². The number of carbonyl (C=O) groups is 2. The summed E-state index contributed by atoms with van der Waals surface area (Å²) >= 11 is 0. The molecule has 1 atom stereocenters. The Morgan fingerprint density at radius 1 is 1.07 bits per heavy atom. The van der Waals surface area contributed by atoms with Crippen molar-refractivity contribution in [1.82, 2.24) is 5.32 Å². The van der Waals surface area contributed by atoms with Crippen LogP contribution in [0, 0.1) is 0 Å². The van der Waals surface area contributed by atoms with Crippen LogP contribution in [0.3, 0.4) is 0 Å². The van der Waals surface area contributed by atoms with E-state index in [0.29, 0.717) is 13.0 Å². The van der Waals surface area contributed by atoms with Gasteiger partial charge in [-0.15, -0.1) is 0 Å². The highest BCUT2D eigenvalue weighted by molar-refractivity contribution is 6.01. The average Bonchev–Trinajstić information content (AvgIpc) is 2.84. The molecule has 0 saturated carbocycles. The largest absolute Gasteiger partial charge is 0.491 e. The number of hydrogen-bond donors (Lipinski definition) is 1. The Kier molecular flexibility index (Phi) is 6.34. The van der Waals surface area contributed by atoms with Crippen molar-refractivity contribution in [3.63, 3.8) is 0 Å². The van der Waals surface area contributed by atoms with Gasteiger partial charge >= 0.3 is 0 Å². The van der Waals surface area contributed by atoms with E-state index in [1.54, 1.807) is 11.8 Å². The van der Waals surface area contributed by atoms with Gasteiger partial charge in [-0.2, -0.15) is 0 Å². The molecule has 0 spiro atoms. The molecule has 1 N–H and O–H groups in total. The highest BCUT2D eigenvalue weighted by Gasteiger charge is 2.30. The molecule has 0 aromatic heterocycles. The van der Waals surface area contributed by atoms with Crippen LogP contribution in [-0.4, -0.2) is 24.0 Å². The number of benzene rings is 2. The van der Waals surface area contributed by atoms with Crippen molar-refractivity contribution in [3.05, 3.63) is 59.7 Å². The molecule has 148 valence electrons. The standard InChI is InChI=1S/C23H28N2O3/c1-16(2)28-20-13-11-18(12-14-20)15-24-23(27)17(3)25-21-9-5-4-7-19(21)8-6-10-22(25)26/h4-5,7,9,11-14,16-17H,6,8,10,15H2,1-3H3,(H,24,27)/t17-/m1/s1. The van der Waals surface area contributed by atoms with E-state index in [0.717, 1.165) is 35.4 Å². The summed E-state index contributed by atoms with van der Waals surface area (Å²) in [5, 5.41) is 2.95. The van der Waals surface area contributed by atoms with E-state index < -0.39 is 6.04 Å². The zero-order valence-corrected chi connectivity index (χ0v) is 16.8. The SMILES string of the molecule is CC(C)Oc1ccc(CNC(=O)[C@@H](C)N2C(=O)CCCc3ccccc32)cc1. The minimum Gasteiger partial charge on any atom is -0.491 e. The molecule has 28 heavy (non-hydrogen) atoms. The number of carbonyl (C=O) groups excluding carboxylic acids is 2. The molecule has 1 aliphatic heterocycles. The van der Waals surface area contributed by atoms with E-state index in [4.69, 9.17) is 4.74 Å². The minimum atomic E-state index is -0.560. The third-order valence-corrected chi connectivity index (χ3v) is 4.89. The van der Waals surface area contributed by atoms with E-state index in [1.807, 2.05) is 62.4 Å². The number of ether oxygens (including phenoxy) is 1. The van der Waals surface area contributed by atoms with Gasteiger partial charge in [0.1, 0.15) is 11.8 Å². The number of rotatable bonds is 6. The Morgan fingerprint density at radius 2 is 1.79 bits per heavy atom. The Bertz CT molecular complexity index is 830. The fourth-order valence-corrected chi connectivity index (χ4v) is 3.48. The van der Waals surface area contributed by atoms with Gasteiger partial charge in [-0.05, 0) is 62.9 Å². The fraction of sp³-hybridized carbons (Fsp3) is 0.391. The first kappa shape index (κ1) is 19.9. The van der Waals surface area contributed by atoms with Crippen LogP contribution in [-0.2, 0) is 22.6 Å². The topological polar surface area (TPSA) is 58.6 Å². The number of fused-ring (bicyclic) bond motifs is 1. The Hall–Kier alpha value is -2.82. The number of nitrogens with one attached hydrogen (secondary N) is 1. The number of hydrogen-bond acceptors (Lipinski definition) is 3. The summed E-state index contributed by atoms with van der Waals surface area (Å²) in [5.41, 5.74) is 2.95. The van der Waals surface area contributed by atoms with Crippen LogP contribution < -0.4 is 15.0 Å². The number of para-hydroxylation sites is 1. The highest BCUT2D eigenvalue weighted by Crippen LogP contribution is 2.28. The monoisotopic (exact) mass is 380 g/mol. The molecule has 0 aliphatic carbocycles. The molecule has 0 saturated heterocycles.